The van der Waals surface area contributed by atoms with Gasteiger partial charge in [-0.05, 0) is 31.9 Å². The van der Waals surface area contributed by atoms with Crippen LogP contribution in [0.5, 0.6) is 0 Å². The number of unbranched alkanes of at least 4 members (excludes halogenated alkanes) is 1. The minimum atomic E-state index is -1.02. The molecule has 170 valence electrons. The topological polar surface area (TPSA) is 104 Å². The van der Waals surface area contributed by atoms with Crippen molar-refractivity contribution in [1.82, 2.24) is 9.55 Å². The Morgan fingerprint density at radius 1 is 1.13 bits per heavy atom. The van der Waals surface area contributed by atoms with E-state index in [0.717, 1.165) is 18.6 Å². The van der Waals surface area contributed by atoms with Gasteiger partial charge in [0.25, 0.3) is 5.56 Å². The average Bonchev–Trinajstić information content (AvgIpc) is 2.73. The number of anilines is 3. The number of nitrogen functional groups attached to an aromatic ring is 1. The monoisotopic (exact) mass is 437 g/mol. The number of amides is 1. The summed E-state index contributed by atoms with van der Waals surface area (Å²) in [6.45, 7) is 6.25. The molecule has 1 amide bonds. The number of nitrogens with one attached hydrogen (secondary N) is 1. The van der Waals surface area contributed by atoms with Gasteiger partial charge in [0.2, 0.25) is 5.91 Å². The number of rotatable bonds is 10. The maximum Gasteiger partial charge on any atom is 0.330 e. The molecule has 8 nitrogen and oxygen atoms in total. The lowest BCUT2D eigenvalue weighted by Gasteiger charge is -2.29. The molecule has 0 aliphatic rings. The number of aromatic amines is 1. The van der Waals surface area contributed by atoms with E-state index < -0.39 is 28.8 Å². The number of H-pyrrole nitrogens is 1. The summed E-state index contributed by atoms with van der Waals surface area (Å²) in [5, 5.41) is 0. The van der Waals surface area contributed by atoms with Crippen LogP contribution in [0.2, 0.25) is 0 Å². The van der Waals surface area contributed by atoms with E-state index in [2.05, 4.69) is 4.98 Å². The number of benzene rings is 1. The van der Waals surface area contributed by atoms with Gasteiger partial charge in [-0.3, -0.25) is 19.1 Å². The van der Waals surface area contributed by atoms with Crippen molar-refractivity contribution >= 4 is 23.1 Å². The van der Waals surface area contributed by atoms with Crippen molar-refractivity contribution in [3.63, 3.8) is 0 Å². The van der Waals surface area contributed by atoms with Crippen LogP contribution in [0.15, 0.2) is 27.8 Å². The predicted octanol–water partition coefficient (Wildman–Crippen LogP) is 2.47. The Balaban J connectivity index is 2.45. The van der Waals surface area contributed by atoms with E-state index in [4.69, 9.17) is 5.73 Å². The van der Waals surface area contributed by atoms with Gasteiger partial charge < -0.3 is 15.5 Å². The van der Waals surface area contributed by atoms with Crippen molar-refractivity contribution in [3.8, 4) is 0 Å². The SMILES string of the molecule is CCCCN(C(=O)CN(CC)c1ccc(F)c(F)c1)c1c(N)n(CCC)c(=O)[nH]c1=O. The number of carbonyl (C=O) groups excluding carboxylic acids is 1. The largest absolute Gasteiger partial charge is 0.383 e. The summed E-state index contributed by atoms with van der Waals surface area (Å²) >= 11 is 0. The highest BCUT2D eigenvalue weighted by molar-refractivity contribution is 5.98. The molecule has 0 atom stereocenters. The summed E-state index contributed by atoms with van der Waals surface area (Å²) in [5.41, 5.74) is 5.02. The molecule has 0 unspecified atom stereocenters. The molecule has 1 heterocycles. The second-order valence-corrected chi connectivity index (χ2v) is 7.16. The number of nitrogens with two attached hydrogens (primary N) is 1. The van der Waals surface area contributed by atoms with Crippen LogP contribution >= 0.6 is 0 Å². The number of halogens is 2. The predicted molar refractivity (Wildman–Crippen MR) is 118 cm³/mol. The molecule has 0 spiro atoms. The normalized spacial score (nSPS) is 10.9. The van der Waals surface area contributed by atoms with Gasteiger partial charge in [0.15, 0.2) is 17.3 Å². The molecule has 0 bridgehead atoms. The molecule has 2 rings (SSSR count). The minimum absolute atomic E-state index is 0.0732. The highest BCUT2D eigenvalue weighted by Crippen LogP contribution is 2.21. The fourth-order valence-corrected chi connectivity index (χ4v) is 3.28. The molecule has 3 N–H and O–H groups in total. The third kappa shape index (κ3) is 5.50. The zero-order valence-corrected chi connectivity index (χ0v) is 18.1. The Morgan fingerprint density at radius 2 is 1.84 bits per heavy atom. The zero-order valence-electron chi connectivity index (χ0n) is 18.1. The van der Waals surface area contributed by atoms with E-state index in [1.165, 1.54) is 15.5 Å². The summed E-state index contributed by atoms with van der Waals surface area (Å²) in [5.74, 6) is -2.51. The third-order valence-corrected chi connectivity index (χ3v) is 4.94. The summed E-state index contributed by atoms with van der Waals surface area (Å²) < 4.78 is 28.2. The van der Waals surface area contributed by atoms with Gasteiger partial charge in [0, 0.05) is 31.4 Å². The zero-order chi connectivity index (χ0) is 23.1. The second-order valence-electron chi connectivity index (χ2n) is 7.16. The number of carbonyl (C=O) groups is 1. The molecule has 10 heteroatoms. The van der Waals surface area contributed by atoms with E-state index in [1.54, 1.807) is 11.8 Å². The van der Waals surface area contributed by atoms with Crippen LogP contribution in [0.1, 0.15) is 40.0 Å². The van der Waals surface area contributed by atoms with Gasteiger partial charge in [-0.15, -0.1) is 0 Å². The number of hydrogen-bond acceptors (Lipinski definition) is 5. The van der Waals surface area contributed by atoms with Gasteiger partial charge in [0.05, 0.1) is 6.54 Å². The van der Waals surface area contributed by atoms with Crippen LogP contribution in [0.25, 0.3) is 0 Å². The smallest absolute Gasteiger partial charge is 0.330 e. The van der Waals surface area contributed by atoms with Crippen LogP contribution in [-0.2, 0) is 11.3 Å². The van der Waals surface area contributed by atoms with Gasteiger partial charge in [-0.25, -0.2) is 13.6 Å². The van der Waals surface area contributed by atoms with Crippen molar-refractivity contribution in [2.45, 2.75) is 46.6 Å². The van der Waals surface area contributed by atoms with Crippen LogP contribution in [0, 0.1) is 11.6 Å². The van der Waals surface area contributed by atoms with E-state index >= 15 is 0 Å². The molecule has 1 aromatic carbocycles. The van der Waals surface area contributed by atoms with E-state index in [0.29, 0.717) is 31.6 Å². The van der Waals surface area contributed by atoms with Crippen molar-refractivity contribution in [1.29, 1.82) is 0 Å². The third-order valence-electron chi connectivity index (χ3n) is 4.94. The number of hydrogen-bond donors (Lipinski definition) is 2. The molecule has 0 aliphatic heterocycles. The molecule has 31 heavy (non-hydrogen) atoms. The number of likely N-dealkylation sites (N-methyl/N-ethyl adjacent to an activating group) is 1. The average molecular weight is 437 g/mol. The Morgan fingerprint density at radius 3 is 2.42 bits per heavy atom. The summed E-state index contributed by atoms with van der Waals surface area (Å²) in [7, 11) is 0. The number of nitrogens with zero attached hydrogens (tertiary/aromatic N) is 3. The quantitative estimate of drug-likeness (QED) is 0.594. The van der Waals surface area contributed by atoms with Gasteiger partial charge in [-0.2, -0.15) is 0 Å². The maximum absolute atomic E-state index is 13.7. The fraction of sp³-hybridized carbons (Fsp3) is 0.476. The lowest BCUT2D eigenvalue weighted by Crippen LogP contribution is -2.45. The van der Waals surface area contributed by atoms with E-state index in [9.17, 15) is 23.2 Å². The van der Waals surface area contributed by atoms with Crippen molar-refractivity contribution in [2.24, 2.45) is 0 Å². The standard InChI is InChI=1S/C21H29F2N5O3/c1-4-7-11-27(18-19(24)28(10-5-2)21(31)25-20(18)30)17(29)13-26(6-3)14-8-9-15(22)16(23)12-14/h8-9,12H,4-7,10-11,13,24H2,1-3H3,(H,25,30,31). The summed E-state index contributed by atoms with van der Waals surface area (Å²) in [6.07, 6.45) is 1.98. The Kier molecular flexibility index (Phi) is 8.35. The molecule has 0 radical (unpaired) electrons. The molecule has 0 fully saturated rings. The van der Waals surface area contributed by atoms with Crippen LogP contribution < -0.4 is 26.8 Å². The van der Waals surface area contributed by atoms with Crippen molar-refractivity contribution in [3.05, 3.63) is 50.7 Å². The molecule has 2 aromatic rings. The van der Waals surface area contributed by atoms with E-state index in [-0.39, 0.29) is 24.6 Å². The Hall–Kier alpha value is -3.17. The summed E-state index contributed by atoms with van der Waals surface area (Å²) in [6, 6.07) is 3.40. The van der Waals surface area contributed by atoms with E-state index in [1.807, 2.05) is 13.8 Å². The lowest BCUT2D eigenvalue weighted by atomic mass is 10.2. The Labute approximate surface area is 179 Å². The molecular formula is C21H29F2N5O3. The minimum Gasteiger partial charge on any atom is -0.383 e. The first-order valence-corrected chi connectivity index (χ1v) is 10.4. The first-order chi connectivity index (χ1) is 14.7. The fourth-order valence-electron chi connectivity index (χ4n) is 3.28. The highest BCUT2D eigenvalue weighted by atomic mass is 19.2. The van der Waals surface area contributed by atoms with Gasteiger partial charge >= 0.3 is 5.69 Å². The molecule has 0 saturated carbocycles. The number of aromatic nitrogens is 2. The summed E-state index contributed by atoms with van der Waals surface area (Å²) in [4.78, 5) is 43.0. The van der Waals surface area contributed by atoms with Crippen molar-refractivity contribution in [2.75, 3.05) is 35.2 Å². The first kappa shape index (κ1) is 24.1. The molecule has 0 saturated heterocycles. The van der Waals surface area contributed by atoms with Crippen LogP contribution in [-0.4, -0.2) is 35.1 Å². The van der Waals surface area contributed by atoms with Crippen LogP contribution in [0.4, 0.5) is 26.0 Å². The molecule has 0 aliphatic carbocycles. The first-order valence-electron chi connectivity index (χ1n) is 10.4. The molecule has 1 aromatic heterocycles. The Bertz CT molecular complexity index is 1030. The van der Waals surface area contributed by atoms with Gasteiger partial charge in [-0.1, -0.05) is 20.3 Å². The molecular weight excluding hydrogens is 408 g/mol. The second kappa shape index (κ2) is 10.7. The van der Waals surface area contributed by atoms with Crippen molar-refractivity contribution < 1.29 is 13.6 Å². The maximum atomic E-state index is 13.7. The highest BCUT2D eigenvalue weighted by Gasteiger charge is 2.25. The lowest BCUT2D eigenvalue weighted by molar-refractivity contribution is -0.117. The van der Waals surface area contributed by atoms with Gasteiger partial charge in [0.1, 0.15) is 5.82 Å². The van der Waals surface area contributed by atoms with Crippen LogP contribution in [0.3, 0.4) is 0 Å².